The van der Waals surface area contributed by atoms with Crippen molar-refractivity contribution in [1.82, 2.24) is 0 Å². The van der Waals surface area contributed by atoms with Gasteiger partial charge in [0.1, 0.15) is 11.5 Å². The first-order valence-corrected chi connectivity index (χ1v) is 4.40. The lowest BCUT2D eigenvalue weighted by molar-refractivity contribution is 0.303. The predicted molar refractivity (Wildman–Crippen MR) is 51.1 cm³/mol. The van der Waals surface area contributed by atoms with Crippen molar-refractivity contribution < 1.29 is 9.47 Å². The topological polar surface area (TPSA) is 44.5 Å². The third-order valence-electron chi connectivity index (χ3n) is 2.03. The highest BCUT2D eigenvalue weighted by Crippen LogP contribution is 2.31. The van der Waals surface area contributed by atoms with E-state index in [2.05, 4.69) is 0 Å². The van der Waals surface area contributed by atoms with Crippen LogP contribution in [0.3, 0.4) is 0 Å². The van der Waals surface area contributed by atoms with E-state index in [9.17, 15) is 0 Å². The van der Waals surface area contributed by atoms with Gasteiger partial charge in [-0.15, -0.1) is 0 Å². The molecule has 0 aliphatic heterocycles. The fourth-order valence-corrected chi connectivity index (χ4v) is 1.16. The molecule has 1 aromatic carbocycles. The summed E-state index contributed by atoms with van der Waals surface area (Å²) in [5, 5.41) is 0. The van der Waals surface area contributed by atoms with E-state index < -0.39 is 0 Å². The normalized spacial score (nSPS) is 15.5. The molecule has 3 heteroatoms. The number of benzene rings is 1. The van der Waals surface area contributed by atoms with Crippen molar-refractivity contribution >= 4 is 5.69 Å². The Morgan fingerprint density at radius 2 is 2.15 bits per heavy atom. The molecule has 0 saturated heterocycles. The number of methoxy groups -OCH3 is 1. The van der Waals surface area contributed by atoms with Gasteiger partial charge in [-0.1, -0.05) is 0 Å². The highest BCUT2D eigenvalue weighted by atomic mass is 16.5. The Labute approximate surface area is 77.5 Å². The molecule has 1 fully saturated rings. The molecule has 0 heterocycles. The molecule has 70 valence electrons. The Bertz CT molecular complexity index is 308. The van der Waals surface area contributed by atoms with Gasteiger partial charge in [0.2, 0.25) is 0 Å². The number of hydrogen-bond donors (Lipinski definition) is 1. The molecule has 0 bridgehead atoms. The van der Waals surface area contributed by atoms with Crippen LogP contribution in [0.4, 0.5) is 5.69 Å². The van der Waals surface area contributed by atoms with Crippen LogP contribution in [-0.4, -0.2) is 13.2 Å². The van der Waals surface area contributed by atoms with E-state index in [1.165, 1.54) is 0 Å². The van der Waals surface area contributed by atoms with Gasteiger partial charge in [0.15, 0.2) is 0 Å². The van der Waals surface area contributed by atoms with Gasteiger partial charge in [0.25, 0.3) is 0 Å². The van der Waals surface area contributed by atoms with Crippen LogP contribution >= 0.6 is 0 Å². The molecule has 1 aromatic rings. The second kappa shape index (κ2) is 3.17. The second-order valence-electron chi connectivity index (χ2n) is 3.22. The van der Waals surface area contributed by atoms with E-state index in [-0.39, 0.29) is 0 Å². The maximum Gasteiger partial charge on any atom is 0.142 e. The first-order chi connectivity index (χ1) is 6.29. The average molecular weight is 179 g/mol. The summed E-state index contributed by atoms with van der Waals surface area (Å²) in [6, 6.07) is 5.51. The number of anilines is 1. The molecule has 0 atom stereocenters. The first kappa shape index (κ1) is 8.23. The lowest BCUT2D eigenvalue weighted by Crippen LogP contribution is -1.98. The van der Waals surface area contributed by atoms with E-state index >= 15 is 0 Å². The summed E-state index contributed by atoms with van der Waals surface area (Å²) in [4.78, 5) is 0. The van der Waals surface area contributed by atoms with Gasteiger partial charge in [0.05, 0.1) is 18.9 Å². The van der Waals surface area contributed by atoms with Gasteiger partial charge in [-0.2, -0.15) is 0 Å². The summed E-state index contributed by atoms with van der Waals surface area (Å²) >= 11 is 0. The largest absolute Gasteiger partial charge is 0.495 e. The van der Waals surface area contributed by atoms with E-state index in [0.29, 0.717) is 17.5 Å². The van der Waals surface area contributed by atoms with Crippen LogP contribution in [0, 0.1) is 0 Å². The molecule has 0 aromatic heterocycles. The molecule has 13 heavy (non-hydrogen) atoms. The van der Waals surface area contributed by atoms with Gasteiger partial charge in [0, 0.05) is 6.07 Å². The second-order valence-corrected chi connectivity index (χ2v) is 3.22. The minimum atomic E-state index is 0.410. The number of ether oxygens (including phenoxy) is 2. The van der Waals surface area contributed by atoms with Gasteiger partial charge in [-0.3, -0.25) is 0 Å². The zero-order valence-corrected chi connectivity index (χ0v) is 7.62. The molecule has 1 saturated carbocycles. The van der Waals surface area contributed by atoms with Crippen LogP contribution in [0.15, 0.2) is 18.2 Å². The summed E-state index contributed by atoms with van der Waals surface area (Å²) in [6.45, 7) is 0. The van der Waals surface area contributed by atoms with Crippen LogP contribution in [0.25, 0.3) is 0 Å². The van der Waals surface area contributed by atoms with Crippen LogP contribution in [0.1, 0.15) is 12.8 Å². The zero-order chi connectivity index (χ0) is 9.26. The van der Waals surface area contributed by atoms with E-state index in [4.69, 9.17) is 15.2 Å². The number of nitrogens with two attached hydrogens (primary N) is 1. The number of nitrogen functional groups attached to an aromatic ring is 1. The molecule has 0 spiro atoms. The minimum absolute atomic E-state index is 0.410. The highest BCUT2D eigenvalue weighted by molar-refractivity contribution is 5.56. The molecule has 0 radical (unpaired) electrons. The summed E-state index contributed by atoms with van der Waals surface area (Å²) in [7, 11) is 1.60. The molecule has 3 nitrogen and oxygen atoms in total. The van der Waals surface area contributed by atoms with Crippen molar-refractivity contribution in [3.05, 3.63) is 18.2 Å². The van der Waals surface area contributed by atoms with Crippen LogP contribution in [0.5, 0.6) is 11.5 Å². The monoisotopic (exact) mass is 179 g/mol. The number of rotatable bonds is 3. The third kappa shape index (κ3) is 1.86. The van der Waals surface area contributed by atoms with E-state index in [1.807, 2.05) is 12.1 Å². The van der Waals surface area contributed by atoms with Crippen LogP contribution < -0.4 is 15.2 Å². The highest BCUT2D eigenvalue weighted by Gasteiger charge is 2.23. The standard InChI is InChI=1S/C10H13NO2/c1-12-10-5-4-8(6-9(10)11)13-7-2-3-7/h4-7H,2-3,11H2,1H3. The van der Waals surface area contributed by atoms with E-state index in [0.717, 1.165) is 18.6 Å². The summed E-state index contributed by atoms with van der Waals surface area (Å²) in [5.41, 5.74) is 6.35. The lowest BCUT2D eigenvalue weighted by atomic mass is 10.3. The molecule has 1 aliphatic carbocycles. The summed E-state index contributed by atoms with van der Waals surface area (Å²) in [6.07, 6.45) is 2.73. The molecule has 0 unspecified atom stereocenters. The van der Waals surface area contributed by atoms with Crippen molar-refractivity contribution in [2.75, 3.05) is 12.8 Å². The zero-order valence-electron chi connectivity index (χ0n) is 7.62. The molecule has 0 amide bonds. The smallest absolute Gasteiger partial charge is 0.142 e. The quantitative estimate of drug-likeness (QED) is 0.720. The Morgan fingerprint density at radius 1 is 1.38 bits per heavy atom. The van der Waals surface area contributed by atoms with E-state index in [1.54, 1.807) is 13.2 Å². The van der Waals surface area contributed by atoms with Crippen molar-refractivity contribution in [3.63, 3.8) is 0 Å². The van der Waals surface area contributed by atoms with Crippen molar-refractivity contribution in [1.29, 1.82) is 0 Å². The predicted octanol–water partition coefficient (Wildman–Crippen LogP) is 1.82. The van der Waals surface area contributed by atoms with Gasteiger partial charge >= 0.3 is 0 Å². The van der Waals surface area contributed by atoms with Crippen molar-refractivity contribution in [3.8, 4) is 11.5 Å². The van der Waals surface area contributed by atoms with Gasteiger partial charge in [-0.05, 0) is 25.0 Å². The van der Waals surface area contributed by atoms with Crippen LogP contribution in [-0.2, 0) is 0 Å². The lowest BCUT2D eigenvalue weighted by Gasteiger charge is -2.07. The SMILES string of the molecule is COc1ccc(OC2CC2)cc1N. The Hall–Kier alpha value is -1.38. The minimum Gasteiger partial charge on any atom is -0.495 e. The first-order valence-electron chi connectivity index (χ1n) is 4.40. The fourth-order valence-electron chi connectivity index (χ4n) is 1.16. The van der Waals surface area contributed by atoms with Gasteiger partial charge in [-0.25, -0.2) is 0 Å². The maximum atomic E-state index is 5.72. The van der Waals surface area contributed by atoms with Crippen LogP contribution in [0.2, 0.25) is 0 Å². The molecule has 2 rings (SSSR count). The molecule has 2 N–H and O–H groups in total. The van der Waals surface area contributed by atoms with Gasteiger partial charge < -0.3 is 15.2 Å². The Morgan fingerprint density at radius 3 is 2.69 bits per heavy atom. The molecule has 1 aliphatic rings. The van der Waals surface area contributed by atoms with Crippen molar-refractivity contribution in [2.24, 2.45) is 0 Å². The Kier molecular flexibility index (Phi) is 2.00. The molecular weight excluding hydrogens is 166 g/mol. The van der Waals surface area contributed by atoms with Crippen molar-refractivity contribution in [2.45, 2.75) is 18.9 Å². The third-order valence-corrected chi connectivity index (χ3v) is 2.03. The summed E-state index contributed by atoms with van der Waals surface area (Å²) < 4.78 is 10.6. The maximum absolute atomic E-state index is 5.72. The fraction of sp³-hybridized carbons (Fsp3) is 0.400. The average Bonchev–Trinajstić information content (AvgIpc) is 2.89. The molecular formula is C10H13NO2. The Balaban J connectivity index is 2.13. The number of hydrogen-bond acceptors (Lipinski definition) is 3. The summed E-state index contributed by atoms with van der Waals surface area (Å²) in [5.74, 6) is 1.53.